The molecule has 0 atom stereocenters. The van der Waals surface area contributed by atoms with Crippen molar-refractivity contribution < 1.29 is 14.3 Å². The maximum atomic E-state index is 11.5. The first kappa shape index (κ1) is 18.9. The van der Waals surface area contributed by atoms with Gasteiger partial charge in [-0.15, -0.1) is 0 Å². The Balaban J connectivity index is 1.99. The van der Waals surface area contributed by atoms with Crippen molar-refractivity contribution >= 4 is 17.4 Å². The summed E-state index contributed by atoms with van der Waals surface area (Å²) in [5, 5.41) is 0. The second-order valence-corrected chi connectivity index (χ2v) is 6.92. The second-order valence-electron chi connectivity index (χ2n) is 6.92. The molecule has 0 radical (unpaired) electrons. The monoisotopic (exact) mass is 363 g/mol. The molecule has 2 aromatic carbocycles. The number of carbonyl (C=O) groups is 2. The fourth-order valence-corrected chi connectivity index (χ4v) is 3.46. The predicted molar refractivity (Wildman–Crippen MR) is 107 cm³/mol. The number of esters is 1. The summed E-state index contributed by atoms with van der Waals surface area (Å²) in [6, 6.07) is 14.3. The standard InChI is InChI=1S/C23H25NO3/c1-16(25)24(3)14-6-9-23-21-8-5-4-7-18(21)10-11-19-15-20(27-17(2)26)12-13-22(19)23/h4-5,7-9,12-13,15H,6,10-11,14H2,1-3H3/b23-9+. The lowest BCUT2D eigenvalue weighted by Gasteiger charge is -2.16. The van der Waals surface area contributed by atoms with Crippen LogP contribution in [0.4, 0.5) is 0 Å². The molecular weight excluding hydrogens is 338 g/mol. The number of hydrogen-bond acceptors (Lipinski definition) is 3. The Morgan fingerprint density at radius 2 is 1.74 bits per heavy atom. The normalized spacial score (nSPS) is 14.1. The van der Waals surface area contributed by atoms with Gasteiger partial charge in [0.2, 0.25) is 5.91 Å². The summed E-state index contributed by atoms with van der Waals surface area (Å²) in [5.74, 6) is 0.346. The Morgan fingerprint density at radius 1 is 1.04 bits per heavy atom. The minimum Gasteiger partial charge on any atom is -0.427 e. The number of fused-ring (bicyclic) bond motifs is 2. The van der Waals surface area contributed by atoms with Gasteiger partial charge in [-0.2, -0.15) is 0 Å². The number of benzene rings is 2. The minimum atomic E-state index is -0.310. The van der Waals surface area contributed by atoms with Crippen molar-refractivity contribution in [3.63, 3.8) is 0 Å². The van der Waals surface area contributed by atoms with Gasteiger partial charge in [-0.05, 0) is 59.2 Å². The third kappa shape index (κ3) is 4.45. The summed E-state index contributed by atoms with van der Waals surface area (Å²) < 4.78 is 5.27. The van der Waals surface area contributed by atoms with Gasteiger partial charge in [-0.25, -0.2) is 0 Å². The molecule has 27 heavy (non-hydrogen) atoms. The van der Waals surface area contributed by atoms with Crippen molar-refractivity contribution in [2.75, 3.05) is 13.6 Å². The van der Waals surface area contributed by atoms with Gasteiger partial charge in [-0.3, -0.25) is 9.59 Å². The Morgan fingerprint density at radius 3 is 2.48 bits per heavy atom. The van der Waals surface area contributed by atoms with E-state index in [4.69, 9.17) is 4.74 Å². The third-order valence-electron chi connectivity index (χ3n) is 4.95. The lowest BCUT2D eigenvalue weighted by Crippen LogP contribution is -2.24. The highest BCUT2D eigenvalue weighted by molar-refractivity contribution is 5.84. The topological polar surface area (TPSA) is 46.6 Å². The molecule has 4 heteroatoms. The molecule has 0 saturated carbocycles. The molecule has 140 valence electrons. The summed E-state index contributed by atoms with van der Waals surface area (Å²) >= 11 is 0. The summed E-state index contributed by atoms with van der Waals surface area (Å²) in [6.45, 7) is 3.68. The van der Waals surface area contributed by atoms with Crippen molar-refractivity contribution in [3.05, 3.63) is 70.8 Å². The van der Waals surface area contributed by atoms with Crippen molar-refractivity contribution in [2.45, 2.75) is 33.1 Å². The predicted octanol–water partition coefficient (Wildman–Crippen LogP) is 4.01. The molecule has 0 saturated heterocycles. The van der Waals surface area contributed by atoms with Crippen LogP contribution in [0.1, 0.15) is 42.5 Å². The quantitative estimate of drug-likeness (QED) is 0.609. The van der Waals surface area contributed by atoms with Gasteiger partial charge in [0.25, 0.3) is 0 Å². The number of ether oxygens (including phenoxy) is 1. The first-order chi connectivity index (χ1) is 13.0. The SMILES string of the molecule is CC(=O)Oc1ccc2c(c1)CCc1ccccc1/C2=C\CCN(C)C(C)=O. The van der Waals surface area contributed by atoms with Crippen LogP contribution in [0.5, 0.6) is 5.75 Å². The highest BCUT2D eigenvalue weighted by Crippen LogP contribution is 2.35. The van der Waals surface area contributed by atoms with Gasteiger partial charge in [0, 0.05) is 27.4 Å². The molecule has 1 aliphatic rings. The van der Waals surface area contributed by atoms with Gasteiger partial charge >= 0.3 is 5.97 Å². The number of rotatable bonds is 4. The van der Waals surface area contributed by atoms with Gasteiger partial charge in [0.1, 0.15) is 5.75 Å². The minimum absolute atomic E-state index is 0.0705. The summed E-state index contributed by atoms with van der Waals surface area (Å²) in [6.07, 6.45) is 4.84. The first-order valence-corrected chi connectivity index (χ1v) is 9.27. The van der Waals surface area contributed by atoms with E-state index in [2.05, 4.69) is 30.3 Å². The van der Waals surface area contributed by atoms with Crippen LogP contribution in [-0.2, 0) is 22.4 Å². The van der Waals surface area contributed by atoms with Crippen LogP contribution in [-0.4, -0.2) is 30.4 Å². The molecular formula is C23H25NO3. The van der Waals surface area contributed by atoms with E-state index in [1.807, 2.05) is 25.2 Å². The van der Waals surface area contributed by atoms with E-state index in [0.29, 0.717) is 12.3 Å². The van der Waals surface area contributed by atoms with Crippen molar-refractivity contribution in [1.82, 2.24) is 4.90 Å². The van der Waals surface area contributed by atoms with E-state index in [1.165, 1.54) is 34.8 Å². The largest absolute Gasteiger partial charge is 0.427 e. The van der Waals surface area contributed by atoms with Gasteiger partial charge in [0.15, 0.2) is 0 Å². The lowest BCUT2D eigenvalue weighted by atomic mass is 9.93. The maximum Gasteiger partial charge on any atom is 0.308 e. The zero-order valence-corrected chi connectivity index (χ0v) is 16.1. The van der Waals surface area contributed by atoms with Crippen LogP contribution in [0, 0.1) is 0 Å². The fourth-order valence-electron chi connectivity index (χ4n) is 3.46. The van der Waals surface area contributed by atoms with E-state index >= 15 is 0 Å². The number of nitrogens with zero attached hydrogens (tertiary/aromatic N) is 1. The molecule has 1 amide bonds. The smallest absolute Gasteiger partial charge is 0.308 e. The van der Waals surface area contributed by atoms with Crippen molar-refractivity contribution in [1.29, 1.82) is 0 Å². The van der Waals surface area contributed by atoms with Crippen LogP contribution in [0.25, 0.3) is 5.57 Å². The highest BCUT2D eigenvalue weighted by Gasteiger charge is 2.18. The maximum absolute atomic E-state index is 11.5. The lowest BCUT2D eigenvalue weighted by molar-refractivity contribution is -0.132. The number of amides is 1. The molecule has 0 heterocycles. The molecule has 1 aliphatic carbocycles. The van der Waals surface area contributed by atoms with E-state index < -0.39 is 0 Å². The Bertz CT molecular complexity index is 898. The fraction of sp³-hybridized carbons (Fsp3) is 0.304. The second kappa shape index (κ2) is 8.21. The molecule has 0 aliphatic heterocycles. The Hall–Kier alpha value is -2.88. The van der Waals surface area contributed by atoms with Crippen LogP contribution in [0.15, 0.2) is 48.5 Å². The molecule has 4 nitrogen and oxygen atoms in total. The van der Waals surface area contributed by atoms with E-state index in [0.717, 1.165) is 19.3 Å². The molecule has 2 aromatic rings. The molecule has 0 bridgehead atoms. The third-order valence-corrected chi connectivity index (χ3v) is 4.95. The van der Waals surface area contributed by atoms with Gasteiger partial charge in [-0.1, -0.05) is 36.4 Å². The average molecular weight is 363 g/mol. The van der Waals surface area contributed by atoms with E-state index in [1.54, 1.807) is 11.8 Å². The zero-order chi connectivity index (χ0) is 19.4. The summed E-state index contributed by atoms with van der Waals surface area (Å²) in [5.41, 5.74) is 6.08. The van der Waals surface area contributed by atoms with E-state index in [-0.39, 0.29) is 11.9 Å². The summed E-state index contributed by atoms with van der Waals surface area (Å²) in [7, 11) is 1.82. The van der Waals surface area contributed by atoms with Gasteiger partial charge < -0.3 is 9.64 Å². The number of carbonyl (C=O) groups excluding carboxylic acids is 2. The van der Waals surface area contributed by atoms with E-state index in [9.17, 15) is 9.59 Å². The van der Waals surface area contributed by atoms with Gasteiger partial charge in [0.05, 0.1) is 0 Å². The average Bonchev–Trinajstić information content (AvgIpc) is 2.78. The van der Waals surface area contributed by atoms with Crippen LogP contribution < -0.4 is 4.74 Å². The van der Waals surface area contributed by atoms with Crippen molar-refractivity contribution in [3.8, 4) is 5.75 Å². The van der Waals surface area contributed by atoms with Crippen LogP contribution in [0.2, 0.25) is 0 Å². The highest BCUT2D eigenvalue weighted by atomic mass is 16.5. The molecule has 0 spiro atoms. The Labute approximate surface area is 160 Å². The summed E-state index contributed by atoms with van der Waals surface area (Å²) in [4.78, 5) is 24.5. The van der Waals surface area contributed by atoms with Crippen LogP contribution in [0.3, 0.4) is 0 Å². The molecule has 0 fully saturated rings. The molecule has 3 rings (SSSR count). The first-order valence-electron chi connectivity index (χ1n) is 9.27. The Kier molecular flexibility index (Phi) is 5.75. The van der Waals surface area contributed by atoms with Crippen LogP contribution >= 0.6 is 0 Å². The number of aryl methyl sites for hydroxylation is 2. The van der Waals surface area contributed by atoms with Crippen molar-refractivity contribution in [2.24, 2.45) is 0 Å². The zero-order valence-electron chi connectivity index (χ0n) is 16.1. The number of hydrogen-bond donors (Lipinski definition) is 0. The molecule has 0 N–H and O–H groups in total. The molecule has 0 unspecified atom stereocenters. The molecule has 0 aromatic heterocycles.